The highest BCUT2D eigenvalue weighted by molar-refractivity contribution is 7.14. The van der Waals surface area contributed by atoms with Crippen LogP contribution in [0.2, 0.25) is 0 Å². The molecule has 3 aromatic heterocycles. The van der Waals surface area contributed by atoms with E-state index in [1.54, 1.807) is 18.3 Å². The molecule has 0 aliphatic rings. The Hall–Kier alpha value is -3.39. The molecule has 0 atom stereocenters. The number of amides is 1. The zero-order valence-corrected chi connectivity index (χ0v) is 14.1. The predicted molar refractivity (Wildman–Crippen MR) is 97.3 cm³/mol. The average molecular weight is 365 g/mol. The number of pyridine rings is 1. The van der Waals surface area contributed by atoms with Crippen LogP contribution in [0.15, 0.2) is 60.2 Å². The van der Waals surface area contributed by atoms with Gasteiger partial charge in [-0.25, -0.2) is 9.37 Å². The topological polar surface area (TPSA) is 83.6 Å². The molecular weight excluding hydrogens is 353 g/mol. The number of carbonyl (C=O) groups excluding carboxylic acids is 1. The first-order chi connectivity index (χ1) is 12.7. The molecule has 0 aliphatic heterocycles. The number of carbonyl (C=O) groups is 1. The van der Waals surface area contributed by atoms with Crippen LogP contribution in [0.25, 0.3) is 22.6 Å². The molecule has 6 nitrogen and oxygen atoms in total. The van der Waals surface area contributed by atoms with Crippen molar-refractivity contribution < 1.29 is 9.18 Å². The Morgan fingerprint density at radius 3 is 2.73 bits per heavy atom. The van der Waals surface area contributed by atoms with Crippen molar-refractivity contribution in [1.82, 2.24) is 20.2 Å². The second-order valence-corrected chi connectivity index (χ2v) is 6.23. The first-order valence-electron chi connectivity index (χ1n) is 7.68. The Kier molecular flexibility index (Phi) is 4.24. The number of halogens is 1. The van der Waals surface area contributed by atoms with Crippen LogP contribution in [0.4, 0.5) is 9.52 Å². The van der Waals surface area contributed by atoms with Gasteiger partial charge in [0.05, 0.1) is 23.1 Å². The van der Waals surface area contributed by atoms with Gasteiger partial charge in [0.1, 0.15) is 11.5 Å². The molecule has 1 aromatic carbocycles. The summed E-state index contributed by atoms with van der Waals surface area (Å²) in [4.78, 5) is 21.2. The number of rotatable bonds is 4. The maximum atomic E-state index is 13.1. The van der Waals surface area contributed by atoms with Crippen molar-refractivity contribution in [3.8, 4) is 22.6 Å². The standard InChI is InChI=1S/C18H12FN5OS/c19-12-6-4-11(5-7-12)16-13(9-21-24-16)17(25)23-18-22-15(10-26-18)14-3-1-2-8-20-14/h1-10H,(H,21,24)(H,22,23,25). The van der Waals surface area contributed by atoms with Crippen LogP contribution >= 0.6 is 11.3 Å². The van der Waals surface area contributed by atoms with E-state index in [0.29, 0.717) is 27.6 Å². The largest absolute Gasteiger partial charge is 0.298 e. The van der Waals surface area contributed by atoms with E-state index in [1.807, 2.05) is 23.6 Å². The van der Waals surface area contributed by atoms with Crippen molar-refractivity contribution in [2.24, 2.45) is 0 Å². The average Bonchev–Trinajstić information content (AvgIpc) is 3.33. The molecule has 1 amide bonds. The fourth-order valence-electron chi connectivity index (χ4n) is 2.42. The summed E-state index contributed by atoms with van der Waals surface area (Å²) >= 11 is 1.31. The van der Waals surface area contributed by atoms with Crippen molar-refractivity contribution in [3.63, 3.8) is 0 Å². The fraction of sp³-hybridized carbons (Fsp3) is 0. The number of hydrogen-bond donors (Lipinski definition) is 2. The normalized spacial score (nSPS) is 10.7. The van der Waals surface area contributed by atoms with Crippen molar-refractivity contribution >= 4 is 22.4 Å². The van der Waals surface area contributed by atoms with Crippen LogP contribution in [0, 0.1) is 5.82 Å². The van der Waals surface area contributed by atoms with E-state index in [9.17, 15) is 9.18 Å². The lowest BCUT2D eigenvalue weighted by Gasteiger charge is -2.03. The van der Waals surface area contributed by atoms with Crippen LogP contribution < -0.4 is 5.32 Å². The molecule has 26 heavy (non-hydrogen) atoms. The second kappa shape index (κ2) is 6.85. The molecule has 2 N–H and O–H groups in total. The quantitative estimate of drug-likeness (QED) is 0.573. The maximum absolute atomic E-state index is 13.1. The number of hydrogen-bond acceptors (Lipinski definition) is 5. The molecule has 0 unspecified atom stereocenters. The molecule has 0 spiro atoms. The number of thiazole rings is 1. The number of aromatic amines is 1. The summed E-state index contributed by atoms with van der Waals surface area (Å²) in [5.41, 5.74) is 2.97. The first-order valence-corrected chi connectivity index (χ1v) is 8.56. The lowest BCUT2D eigenvalue weighted by molar-refractivity contribution is 0.102. The molecule has 0 fully saturated rings. The van der Waals surface area contributed by atoms with Crippen molar-refractivity contribution in [2.45, 2.75) is 0 Å². The summed E-state index contributed by atoms with van der Waals surface area (Å²) in [6.07, 6.45) is 3.12. The highest BCUT2D eigenvalue weighted by Gasteiger charge is 2.17. The molecule has 3 heterocycles. The third kappa shape index (κ3) is 3.22. The zero-order valence-electron chi connectivity index (χ0n) is 13.3. The van der Waals surface area contributed by atoms with Crippen LogP contribution in [0.1, 0.15) is 10.4 Å². The summed E-state index contributed by atoms with van der Waals surface area (Å²) < 4.78 is 13.1. The Bertz CT molecular complexity index is 1040. The van der Waals surface area contributed by atoms with E-state index < -0.39 is 0 Å². The summed E-state index contributed by atoms with van der Waals surface area (Å²) in [6.45, 7) is 0. The number of benzene rings is 1. The number of H-pyrrole nitrogens is 1. The van der Waals surface area contributed by atoms with Gasteiger partial charge in [-0.3, -0.25) is 20.2 Å². The van der Waals surface area contributed by atoms with E-state index >= 15 is 0 Å². The Balaban J connectivity index is 1.56. The first kappa shape index (κ1) is 16.1. The lowest BCUT2D eigenvalue weighted by atomic mass is 10.1. The van der Waals surface area contributed by atoms with Crippen LogP contribution in [0.5, 0.6) is 0 Å². The molecule has 0 bridgehead atoms. The van der Waals surface area contributed by atoms with Crippen LogP contribution in [-0.2, 0) is 0 Å². The van der Waals surface area contributed by atoms with Crippen molar-refractivity contribution in [2.75, 3.05) is 5.32 Å². The summed E-state index contributed by atoms with van der Waals surface area (Å²) in [7, 11) is 0. The highest BCUT2D eigenvalue weighted by Crippen LogP contribution is 2.25. The molecule has 4 aromatic rings. The van der Waals surface area contributed by atoms with Gasteiger partial charge in [-0.1, -0.05) is 6.07 Å². The number of nitrogens with one attached hydrogen (secondary N) is 2. The molecule has 8 heteroatoms. The molecule has 4 rings (SSSR count). The molecule has 0 radical (unpaired) electrons. The molecular formula is C18H12FN5OS. The van der Waals surface area contributed by atoms with Gasteiger partial charge in [-0.05, 0) is 36.4 Å². The van der Waals surface area contributed by atoms with Crippen molar-refractivity contribution in [1.29, 1.82) is 0 Å². The SMILES string of the molecule is O=C(Nc1nc(-c2ccccn2)cs1)c1cn[nH]c1-c1ccc(F)cc1. The molecule has 0 saturated carbocycles. The van der Waals surface area contributed by atoms with Gasteiger partial charge in [-0.2, -0.15) is 5.10 Å². The number of aromatic nitrogens is 4. The van der Waals surface area contributed by atoms with E-state index in [-0.39, 0.29) is 11.7 Å². The van der Waals surface area contributed by atoms with Gasteiger partial charge in [0.25, 0.3) is 5.91 Å². The third-order valence-electron chi connectivity index (χ3n) is 3.67. The molecule has 0 saturated heterocycles. The minimum atomic E-state index is -0.347. The lowest BCUT2D eigenvalue weighted by Crippen LogP contribution is -2.12. The van der Waals surface area contributed by atoms with Gasteiger partial charge in [-0.15, -0.1) is 11.3 Å². The smallest absolute Gasteiger partial charge is 0.261 e. The van der Waals surface area contributed by atoms with E-state index in [1.165, 1.54) is 29.7 Å². The van der Waals surface area contributed by atoms with Crippen LogP contribution in [0.3, 0.4) is 0 Å². The number of nitrogens with zero attached hydrogens (tertiary/aromatic N) is 3. The minimum absolute atomic E-state index is 0.343. The van der Waals surface area contributed by atoms with Gasteiger partial charge in [0, 0.05) is 17.1 Å². The van der Waals surface area contributed by atoms with Gasteiger partial charge in [0.15, 0.2) is 5.13 Å². The van der Waals surface area contributed by atoms with E-state index in [0.717, 1.165) is 5.69 Å². The van der Waals surface area contributed by atoms with Gasteiger partial charge in [0.2, 0.25) is 0 Å². The molecule has 0 aliphatic carbocycles. The Morgan fingerprint density at radius 1 is 1.12 bits per heavy atom. The monoisotopic (exact) mass is 365 g/mol. The second-order valence-electron chi connectivity index (χ2n) is 5.37. The fourth-order valence-corrected chi connectivity index (χ4v) is 3.12. The van der Waals surface area contributed by atoms with Crippen molar-refractivity contribution in [3.05, 3.63) is 71.6 Å². The van der Waals surface area contributed by atoms with Gasteiger partial charge >= 0.3 is 0 Å². The minimum Gasteiger partial charge on any atom is -0.298 e. The van der Waals surface area contributed by atoms with E-state index in [2.05, 4.69) is 25.5 Å². The van der Waals surface area contributed by atoms with E-state index in [4.69, 9.17) is 0 Å². The highest BCUT2D eigenvalue weighted by atomic mass is 32.1. The van der Waals surface area contributed by atoms with Gasteiger partial charge < -0.3 is 0 Å². The zero-order chi connectivity index (χ0) is 17.9. The predicted octanol–water partition coefficient (Wildman–Crippen LogP) is 3.99. The Morgan fingerprint density at radius 2 is 1.96 bits per heavy atom. The molecule has 128 valence electrons. The summed E-state index contributed by atoms with van der Waals surface area (Å²) in [6, 6.07) is 11.4. The maximum Gasteiger partial charge on any atom is 0.261 e. The third-order valence-corrected chi connectivity index (χ3v) is 4.43. The number of anilines is 1. The van der Waals surface area contributed by atoms with Crippen LogP contribution in [-0.4, -0.2) is 26.1 Å². The summed E-state index contributed by atoms with van der Waals surface area (Å²) in [5.74, 6) is -0.691. The summed E-state index contributed by atoms with van der Waals surface area (Å²) in [5, 5.41) is 11.8. The Labute approximate surface area is 151 Å².